The van der Waals surface area contributed by atoms with Gasteiger partial charge in [0.25, 0.3) is 11.8 Å². The number of fused-ring (bicyclic) bond motifs is 1. The lowest BCUT2D eigenvalue weighted by molar-refractivity contribution is -0.876. The van der Waals surface area contributed by atoms with E-state index >= 15 is 0 Å². The van der Waals surface area contributed by atoms with Crippen molar-refractivity contribution in [3.8, 4) is 0 Å². The smallest absolute Gasteiger partial charge is 0.272 e. The van der Waals surface area contributed by atoms with Crippen LogP contribution < -0.4 is 11.1 Å². The maximum Gasteiger partial charge on any atom is 0.272 e. The van der Waals surface area contributed by atoms with Crippen molar-refractivity contribution in [3.63, 3.8) is 0 Å². The molecule has 0 aromatic carbocycles. The maximum atomic E-state index is 12.5. The highest BCUT2D eigenvalue weighted by atomic mass is 79.9. The number of primary amides is 1. The number of quaternary nitrogens is 1. The second-order valence-corrected chi connectivity index (χ2v) is 9.27. The van der Waals surface area contributed by atoms with Crippen LogP contribution in [0.15, 0.2) is 23.4 Å². The Morgan fingerprint density at radius 1 is 1.41 bits per heavy atom. The number of allylic oxidation sites excluding steroid dienone is 2. The van der Waals surface area contributed by atoms with Gasteiger partial charge in [-0.05, 0) is 27.6 Å². The molecule has 3 N–H and O–H groups in total. The van der Waals surface area contributed by atoms with Crippen molar-refractivity contribution in [1.29, 1.82) is 0 Å². The highest BCUT2D eigenvalue weighted by Crippen LogP contribution is 2.41. The van der Waals surface area contributed by atoms with Crippen molar-refractivity contribution in [3.05, 3.63) is 23.4 Å². The minimum Gasteiger partial charge on any atom is -0.365 e. The Balaban J connectivity index is 2.16. The van der Waals surface area contributed by atoms with E-state index in [4.69, 9.17) is 5.73 Å². The predicted octanol–water partition coefficient (Wildman–Crippen LogP) is 0.0747. The van der Waals surface area contributed by atoms with Crippen LogP contribution >= 0.6 is 43.6 Å². The number of hydrogen-bond acceptors (Lipinski definition) is 5. The molecule has 2 aliphatic heterocycles. The summed E-state index contributed by atoms with van der Waals surface area (Å²) in [5.74, 6) is -0.436. The van der Waals surface area contributed by atoms with Crippen LogP contribution in [-0.4, -0.2) is 81.5 Å². The molecule has 0 aliphatic carbocycles. The van der Waals surface area contributed by atoms with Crippen molar-refractivity contribution in [2.24, 2.45) is 5.73 Å². The van der Waals surface area contributed by atoms with Crippen LogP contribution in [-0.2, 0) is 19.2 Å². The summed E-state index contributed by atoms with van der Waals surface area (Å²) in [6, 6.07) is -0.626. The first-order valence-corrected chi connectivity index (χ1v) is 11.0. The van der Waals surface area contributed by atoms with Gasteiger partial charge in [-0.25, -0.2) is 0 Å². The van der Waals surface area contributed by atoms with Crippen LogP contribution in [0.5, 0.6) is 0 Å². The van der Waals surface area contributed by atoms with E-state index < -0.39 is 6.04 Å². The fourth-order valence-corrected chi connectivity index (χ4v) is 4.86. The van der Waals surface area contributed by atoms with Crippen LogP contribution in [0.25, 0.3) is 0 Å². The first-order chi connectivity index (χ1) is 12.6. The third-order valence-electron chi connectivity index (χ3n) is 4.12. The summed E-state index contributed by atoms with van der Waals surface area (Å²) in [6.07, 6.45) is 3.67. The zero-order valence-electron chi connectivity index (χ0n) is 14.9. The first-order valence-electron chi connectivity index (χ1n) is 8.07. The third kappa shape index (κ3) is 5.21. The molecular formula is C16H21Br2N4O4S+. The summed E-state index contributed by atoms with van der Waals surface area (Å²) >= 11 is 7.50. The Hall–Kier alpha value is -1.17. The molecule has 0 radical (unpaired) electrons. The first kappa shape index (κ1) is 22.1. The molecule has 0 aromatic heterocycles. The lowest BCUT2D eigenvalue weighted by Gasteiger charge is -2.49. The molecule has 27 heavy (non-hydrogen) atoms. The van der Waals surface area contributed by atoms with E-state index in [1.54, 1.807) is 6.08 Å². The van der Waals surface area contributed by atoms with Gasteiger partial charge in [-0.15, -0.1) is 11.8 Å². The molecular weight excluding hydrogens is 504 g/mol. The number of alkyl halides is 1. The second-order valence-electron chi connectivity index (χ2n) is 6.88. The van der Waals surface area contributed by atoms with Crippen LogP contribution in [0.3, 0.4) is 0 Å². The molecule has 1 fully saturated rings. The Morgan fingerprint density at radius 3 is 2.63 bits per heavy atom. The van der Waals surface area contributed by atoms with Gasteiger partial charge in [0.05, 0.1) is 26.0 Å². The quantitative estimate of drug-likeness (QED) is 0.202. The number of likely N-dealkylation sites (N-methyl/N-ethyl adjacent to an activating group) is 1. The van der Waals surface area contributed by atoms with E-state index in [0.29, 0.717) is 22.5 Å². The van der Waals surface area contributed by atoms with Gasteiger partial charge in [0.2, 0.25) is 10.6 Å². The lowest BCUT2D eigenvalue weighted by Crippen LogP contribution is -2.70. The number of nitrogens with two attached hydrogens (primary N) is 1. The van der Waals surface area contributed by atoms with Gasteiger partial charge in [-0.3, -0.25) is 24.1 Å². The van der Waals surface area contributed by atoms with Crippen molar-refractivity contribution >= 4 is 66.0 Å². The summed E-state index contributed by atoms with van der Waals surface area (Å²) in [4.78, 5) is 48.6. The van der Waals surface area contributed by atoms with Crippen LogP contribution in [0.1, 0.15) is 0 Å². The molecule has 0 unspecified atom stereocenters. The molecule has 0 bridgehead atoms. The summed E-state index contributed by atoms with van der Waals surface area (Å²) in [7, 11) is 3.75. The van der Waals surface area contributed by atoms with E-state index in [2.05, 4.69) is 37.2 Å². The molecule has 148 valence electrons. The highest BCUT2D eigenvalue weighted by Gasteiger charge is 2.53. The second kappa shape index (κ2) is 8.89. The molecule has 0 saturated carbocycles. The minimum atomic E-state index is -0.626. The maximum absolute atomic E-state index is 12.5. The number of nitrogens with zero attached hydrogens (tertiary/aromatic N) is 2. The average molecular weight is 525 g/mol. The molecule has 11 heteroatoms. The average Bonchev–Trinajstić information content (AvgIpc) is 2.57. The fourth-order valence-electron chi connectivity index (χ4n) is 2.93. The monoisotopic (exact) mass is 523 g/mol. The summed E-state index contributed by atoms with van der Waals surface area (Å²) in [5.41, 5.74) is 6.26. The van der Waals surface area contributed by atoms with E-state index in [1.807, 2.05) is 20.2 Å². The molecule has 8 nitrogen and oxygen atoms in total. The van der Waals surface area contributed by atoms with Crippen LogP contribution in [0.4, 0.5) is 0 Å². The zero-order chi connectivity index (χ0) is 20.4. The van der Waals surface area contributed by atoms with Crippen molar-refractivity contribution in [2.75, 3.05) is 38.3 Å². The molecule has 0 spiro atoms. The molecule has 2 aliphatic rings. The molecule has 1 saturated heterocycles. The van der Waals surface area contributed by atoms with Gasteiger partial charge < -0.3 is 15.5 Å². The van der Waals surface area contributed by atoms with Gasteiger partial charge in [0, 0.05) is 5.75 Å². The largest absolute Gasteiger partial charge is 0.365 e. The van der Waals surface area contributed by atoms with Gasteiger partial charge in [0.1, 0.15) is 17.1 Å². The fraction of sp³-hybridized carbons (Fsp3) is 0.500. The van der Waals surface area contributed by atoms with Gasteiger partial charge >= 0.3 is 0 Å². The third-order valence-corrected chi connectivity index (χ3v) is 6.31. The Bertz CT molecular complexity index is 738. The van der Waals surface area contributed by atoms with Gasteiger partial charge in [0.15, 0.2) is 6.54 Å². The molecule has 2 rings (SSSR count). The number of nitrogens with one attached hydrogen (secondary N) is 1. The standard InChI is InChI=1S/C16H20Br2N4O4S/c1-22(2,7-10(19)23)5-3-4-9-8-27-16-12(20-11(24)6-17)15(26)21(16)13(9)14(18)25/h3-4,12,16H,5-8H2,1-2H3,(H2-,19,20,23,24)/p+1/t12-,16-/m1/s1. The number of halogens is 2. The van der Waals surface area contributed by atoms with Crippen molar-refractivity contribution < 1.29 is 23.7 Å². The predicted molar refractivity (Wildman–Crippen MR) is 110 cm³/mol. The number of carbonyl (C=O) groups is 4. The molecule has 2 heterocycles. The highest BCUT2D eigenvalue weighted by molar-refractivity contribution is 9.18. The SMILES string of the molecule is C[N+](C)(CC=CC1=C(C(=O)Br)N2C(=O)[C@@H](NC(=O)CBr)[C@H]2SC1)CC(N)=O. The van der Waals surface area contributed by atoms with E-state index in [-0.39, 0.29) is 39.7 Å². The number of rotatable bonds is 8. The number of hydrogen-bond donors (Lipinski definition) is 2. The molecule has 0 aromatic rings. The molecule has 2 atom stereocenters. The zero-order valence-corrected chi connectivity index (χ0v) is 18.9. The number of amides is 3. The van der Waals surface area contributed by atoms with Crippen molar-refractivity contribution in [1.82, 2.24) is 10.2 Å². The number of β-lactam (4-membered cyclic amide) rings is 1. The topological polar surface area (TPSA) is 110 Å². The normalized spacial score (nSPS) is 22.5. The molecule has 3 amide bonds. The van der Waals surface area contributed by atoms with E-state index in [0.717, 1.165) is 5.57 Å². The van der Waals surface area contributed by atoms with E-state index in [9.17, 15) is 19.2 Å². The Kier molecular flexibility index (Phi) is 7.28. The van der Waals surface area contributed by atoms with Crippen molar-refractivity contribution in [2.45, 2.75) is 11.4 Å². The number of thioether (sulfide) groups is 1. The Labute approximate surface area is 178 Å². The van der Waals surface area contributed by atoms with Crippen LogP contribution in [0.2, 0.25) is 0 Å². The van der Waals surface area contributed by atoms with Crippen LogP contribution in [0, 0.1) is 0 Å². The number of carbonyl (C=O) groups excluding carboxylic acids is 4. The summed E-state index contributed by atoms with van der Waals surface area (Å²) in [5, 5.41) is 2.48. The lowest BCUT2D eigenvalue weighted by atomic mass is 10.0. The summed E-state index contributed by atoms with van der Waals surface area (Å²) in [6.45, 7) is 0.742. The Morgan fingerprint density at radius 2 is 2.07 bits per heavy atom. The van der Waals surface area contributed by atoms with Gasteiger partial charge in [-0.1, -0.05) is 22.0 Å². The van der Waals surface area contributed by atoms with E-state index in [1.165, 1.54) is 16.7 Å². The summed E-state index contributed by atoms with van der Waals surface area (Å²) < 4.78 is 0.00687. The minimum absolute atomic E-state index is 0.113. The van der Waals surface area contributed by atoms with Gasteiger partial charge in [-0.2, -0.15) is 0 Å².